The van der Waals surface area contributed by atoms with E-state index in [-0.39, 0.29) is 0 Å². The molecule has 0 aliphatic heterocycles. The molecule has 20 heavy (non-hydrogen) atoms. The summed E-state index contributed by atoms with van der Waals surface area (Å²) >= 11 is 0. The highest BCUT2D eigenvalue weighted by molar-refractivity contribution is 5.37. The monoisotopic (exact) mass is 268 g/mol. The second kappa shape index (κ2) is 6.23. The lowest BCUT2D eigenvalue weighted by Crippen LogP contribution is -2.26. The molecule has 0 saturated heterocycles. The number of rotatable bonds is 5. The largest absolute Gasteiger partial charge is 0.380 e. The van der Waals surface area contributed by atoms with Gasteiger partial charge in [0.1, 0.15) is 5.60 Å². The smallest absolute Gasteiger partial charge is 0.114 e. The van der Waals surface area contributed by atoms with E-state index >= 15 is 0 Å². The van der Waals surface area contributed by atoms with Crippen molar-refractivity contribution in [3.8, 4) is 0 Å². The van der Waals surface area contributed by atoms with Gasteiger partial charge in [0.15, 0.2) is 0 Å². The van der Waals surface area contributed by atoms with Crippen molar-refractivity contribution in [1.29, 1.82) is 0 Å². The van der Waals surface area contributed by atoms with Crippen LogP contribution >= 0.6 is 0 Å². The topological polar surface area (TPSA) is 20.2 Å². The second-order valence-electron chi connectivity index (χ2n) is 5.88. The van der Waals surface area contributed by atoms with Gasteiger partial charge in [-0.15, -0.1) is 0 Å². The predicted molar refractivity (Wildman–Crippen MR) is 84.7 cm³/mol. The standard InChI is InChI=1S/C19H24O/c1-4-19(20,17-10-6-5-7-11-17)18-12-8-9-16(14-18)13-15(2)3/h5-12,14-15,20H,4,13H2,1-3H3. The van der Waals surface area contributed by atoms with E-state index in [0.29, 0.717) is 12.3 Å². The summed E-state index contributed by atoms with van der Waals surface area (Å²) in [6.45, 7) is 6.47. The summed E-state index contributed by atoms with van der Waals surface area (Å²) in [5.41, 5.74) is 2.35. The molecule has 1 nitrogen and oxygen atoms in total. The van der Waals surface area contributed by atoms with Crippen LogP contribution < -0.4 is 0 Å². The normalized spacial score (nSPS) is 14.2. The number of benzene rings is 2. The molecule has 0 aromatic heterocycles. The first-order chi connectivity index (χ1) is 9.56. The fraction of sp³-hybridized carbons (Fsp3) is 0.368. The molecule has 0 amide bonds. The molecule has 0 spiro atoms. The molecule has 1 atom stereocenters. The third kappa shape index (κ3) is 3.10. The van der Waals surface area contributed by atoms with E-state index in [0.717, 1.165) is 17.5 Å². The van der Waals surface area contributed by atoms with E-state index in [4.69, 9.17) is 0 Å². The van der Waals surface area contributed by atoms with Gasteiger partial charge in [-0.2, -0.15) is 0 Å². The Morgan fingerprint density at radius 3 is 2.20 bits per heavy atom. The minimum atomic E-state index is -0.895. The average Bonchev–Trinajstić information content (AvgIpc) is 2.47. The highest BCUT2D eigenvalue weighted by Gasteiger charge is 2.29. The maximum absolute atomic E-state index is 11.1. The van der Waals surface area contributed by atoms with Crippen LogP contribution in [0.1, 0.15) is 43.9 Å². The summed E-state index contributed by atoms with van der Waals surface area (Å²) in [6, 6.07) is 18.3. The molecule has 0 aliphatic rings. The van der Waals surface area contributed by atoms with Crippen LogP contribution in [0.15, 0.2) is 54.6 Å². The van der Waals surface area contributed by atoms with Crippen molar-refractivity contribution in [2.45, 2.75) is 39.2 Å². The molecule has 0 aliphatic carbocycles. The Hall–Kier alpha value is -1.60. The molecule has 0 fully saturated rings. The SMILES string of the molecule is CCC(O)(c1ccccc1)c1cccc(CC(C)C)c1. The van der Waals surface area contributed by atoms with Crippen LogP contribution in [0.3, 0.4) is 0 Å². The van der Waals surface area contributed by atoms with Gasteiger partial charge in [0.05, 0.1) is 0 Å². The molecular weight excluding hydrogens is 244 g/mol. The lowest BCUT2D eigenvalue weighted by molar-refractivity contribution is 0.0764. The van der Waals surface area contributed by atoms with Gasteiger partial charge in [-0.25, -0.2) is 0 Å². The van der Waals surface area contributed by atoms with Crippen molar-refractivity contribution in [2.24, 2.45) is 5.92 Å². The van der Waals surface area contributed by atoms with Gasteiger partial charge in [-0.1, -0.05) is 75.4 Å². The summed E-state index contributed by atoms with van der Waals surface area (Å²) in [6.07, 6.45) is 1.71. The maximum atomic E-state index is 11.1. The van der Waals surface area contributed by atoms with Crippen LogP contribution in [0.4, 0.5) is 0 Å². The summed E-state index contributed by atoms with van der Waals surface area (Å²) in [7, 11) is 0. The quantitative estimate of drug-likeness (QED) is 0.844. The average molecular weight is 268 g/mol. The van der Waals surface area contributed by atoms with Crippen molar-refractivity contribution in [2.75, 3.05) is 0 Å². The Balaban J connectivity index is 2.41. The number of hydrogen-bond acceptors (Lipinski definition) is 1. The molecule has 2 aromatic carbocycles. The molecule has 1 heteroatoms. The van der Waals surface area contributed by atoms with Gasteiger partial charge in [0, 0.05) is 0 Å². The minimum Gasteiger partial charge on any atom is -0.380 e. The van der Waals surface area contributed by atoms with Gasteiger partial charge >= 0.3 is 0 Å². The maximum Gasteiger partial charge on any atom is 0.114 e. The van der Waals surface area contributed by atoms with Crippen LogP contribution in [-0.4, -0.2) is 5.11 Å². The fourth-order valence-electron chi connectivity index (χ4n) is 2.72. The summed E-state index contributed by atoms with van der Waals surface area (Å²) in [5, 5.41) is 11.1. The molecule has 0 saturated carbocycles. The van der Waals surface area contributed by atoms with E-state index in [9.17, 15) is 5.11 Å². The van der Waals surface area contributed by atoms with Gasteiger partial charge in [-0.3, -0.25) is 0 Å². The van der Waals surface area contributed by atoms with Crippen molar-refractivity contribution in [3.05, 3.63) is 71.3 Å². The highest BCUT2D eigenvalue weighted by atomic mass is 16.3. The number of aliphatic hydroxyl groups is 1. The van der Waals surface area contributed by atoms with Crippen LogP contribution in [0, 0.1) is 5.92 Å². The summed E-state index contributed by atoms with van der Waals surface area (Å²) in [4.78, 5) is 0. The molecule has 0 heterocycles. The zero-order valence-electron chi connectivity index (χ0n) is 12.6. The second-order valence-corrected chi connectivity index (χ2v) is 5.88. The summed E-state index contributed by atoms with van der Waals surface area (Å²) < 4.78 is 0. The van der Waals surface area contributed by atoms with Crippen LogP contribution in [0.5, 0.6) is 0 Å². The highest BCUT2D eigenvalue weighted by Crippen LogP contribution is 2.33. The fourth-order valence-corrected chi connectivity index (χ4v) is 2.72. The first-order valence-electron chi connectivity index (χ1n) is 7.43. The number of hydrogen-bond donors (Lipinski definition) is 1. The Morgan fingerprint density at radius 1 is 0.950 bits per heavy atom. The first kappa shape index (κ1) is 14.8. The van der Waals surface area contributed by atoms with Crippen LogP contribution in [-0.2, 0) is 12.0 Å². The van der Waals surface area contributed by atoms with Gasteiger partial charge < -0.3 is 5.11 Å². The van der Waals surface area contributed by atoms with E-state index in [1.165, 1.54) is 5.56 Å². The van der Waals surface area contributed by atoms with Crippen LogP contribution in [0.2, 0.25) is 0 Å². The molecule has 2 aromatic rings. The Labute approximate surface area is 122 Å². The van der Waals surface area contributed by atoms with E-state index < -0.39 is 5.60 Å². The molecule has 0 radical (unpaired) electrons. The van der Waals surface area contributed by atoms with E-state index in [1.807, 2.05) is 43.3 Å². The molecule has 0 bridgehead atoms. The first-order valence-corrected chi connectivity index (χ1v) is 7.43. The van der Waals surface area contributed by atoms with Crippen molar-refractivity contribution >= 4 is 0 Å². The minimum absolute atomic E-state index is 0.622. The lowest BCUT2D eigenvalue weighted by Gasteiger charge is -2.28. The van der Waals surface area contributed by atoms with E-state index in [1.54, 1.807) is 0 Å². The van der Waals surface area contributed by atoms with E-state index in [2.05, 4.69) is 32.0 Å². The van der Waals surface area contributed by atoms with Gasteiger partial charge in [0.25, 0.3) is 0 Å². The van der Waals surface area contributed by atoms with Crippen molar-refractivity contribution < 1.29 is 5.11 Å². The third-order valence-electron chi connectivity index (χ3n) is 3.81. The van der Waals surface area contributed by atoms with Crippen LogP contribution in [0.25, 0.3) is 0 Å². The molecule has 1 unspecified atom stereocenters. The Bertz CT molecular complexity index is 545. The van der Waals surface area contributed by atoms with Gasteiger partial charge in [0.2, 0.25) is 0 Å². The molecule has 106 valence electrons. The molecule has 2 rings (SSSR count). The Morgan fingerprint density at radius 2 is 1.60 bits per heavy atom. The lowest BCUT2D eigenvalue weighted by atomic mass is 9.83. The Kier molecular flexibility index (Phi) is 4.61. The predicted octanol–water partition coefficient (Wildman–Crippen LogP) is 4.53. The van der Waals surface area contributed by atoms with Crippen molar-refractivity contribution in [3.63, 3.8) is 0 Å². The summed E-state index contributed by atoms with van der Waals surface area (Å²) in [5.74, 6) is 0.622. The molecule has 1 N–H and O–H groups in total. The zero-order valence-corrected chi connectivity index (χ0v) is 12.6. The zero-order chi connectivity index (χ0) is 14.6. The molecular formula is C19H24O. The van der Waals surface area contributed by atoms with Gasteiger partial charge in [-0.05, 0) is 35.4 Å². The van der Waals surface area contributed by atoms with Crippen molar-refractivity contribution in [1.82, 2.24) is 0 Å². The third-order valence-corrected chi connectivity index (χ3v) is 3.81.